The summed E-state index contributed by atoms with van der Waals surface area (Å²) in [5.74, 6) is 5.44. The normalized spacial score (nSPS) is 59.2. The highest BCUT2D eigenvalue weighted by atomic mass is 16.3. The van der Waals surface area contributed by atoms with Crippen molar-refractivity contribution in [3.8, 4) is 0 Å². The molecule has 162 valence electrons. The van der Waals surface area contributed by atoms with E-state index >= 15 is 0 Å². The summed E-state index contributed by atoms with van der Waals surface area (Å²) in [5.41, 5.74) is 2.58. The largest absolute Gasteiger partial charge is 0.393 e. The molecule has 11 atom stereocenters. The molecule has 2 heteroatoms. The highest BCUT2D eigenvalue weighted by Crippen LogP contribution is 2.69. The average Bonchev–Trinajstić information content (AvgIpc) is 3.15. The van der Waals surface area contributed by atoms with Crippen molar-refractivity contribution < 1.29 is 5.11 Å². The minimum atomic E-state index is -0.0792. The van der Waals surface area contributed by atoms with Gasteiger partial charge in [-0.05, 0) is 104 Å². The lowest BCUT2D eigenvalue weighted by Crippen LogP contribution is -2.51. The van der Waals surface area contributed by atoms with Gasteiger partial charge in [-0.15, -0.1) is 0 Å². The summed E-state index contributed by atoms with van der Waals surface area (Å²) in [6.07, 6.45) is 14.3. The summed E-state index contributed by atoms with van der Waals surface area (Å²) in [7, 11) is 0. The Bertz CT molecular complexity index is 715. The maximum Gasteiger partial charge on any atom is 0.0577 e. The summed E-state index contributed by atoms with van der Waals surface area (Å²) < 4.78 is 0. The molecule has 0 amide bonds. The Hall–Kier alpha value is -0.340. The van der Waals surface area contributed by atoms with Crippen LogP contribution in [0.4, 0.5) is 0 Å². The Balaban J connectivity index is 1.33. The van der Waals surface area contributed by atoms with Gasteiger partial charge >= 0.3 is 0 Å². The van der Waals surface area contributed by atoms with Gasteiger partial charge in [-0.3, -0.25) is 4.90 Å². The number of piperidine rings is 1. The molecule has 0 aromatic heterocycles. The van der Waals surface area contributed by atoms with Crippen LogP contribution in [0, 0.1) is 46.3 Å². The molecule has 0 spiro atoms. The lowest BCUT2D eigenvalue weighted by Gasteiger charge is -2.58. The van der Waals surface area contributed by atoms with E-state index in [0.717, 1.165) is 60.4 Å². The van der Waals surface area contributed by atoms with Crippen LogP contribution in [0.15, 0.2) is 11.6 Å². The van der Waals surface area contributed by atoms with Gasteiger partial charge in [-0.1, -0.05) is 39.3 Å². The first-order valence-corrected chi connectivity index (χ1v) is 13.0. The summed E-state index contributed by atoms with van der Waals surface area (Å²) in [6.45, 7) is 11.8. The molecule has 29 heavy (non-hydrogen) atoms. The van der Waals surface area contributed by atoms with E-state index in [9.17, 15) is 5.11 Å². The predicted molar refractivity (Wildman–Crippen MR) is 118 cm³/mol. The van der Waals surface area contributed by atoms with Crippen molar-refractivity contribution in [1.82, 2.24) is 4.90 Å². The van der Waals surface area contributed by atoms with Crippen molar-refractivity contribution in [1.29, 1.82) is 0 Å². The van der Waals surface area contributed by atoms with Gasteiger partial charge in [-0.25, -0.2) is 0 Å². The number of nitrogens with zero attached hydrogens (tertiary/aromatic N) is 1. The van der Waals surface area contributed by atoms with Crippen LogP contribution in [-0.4, -0.2) is 34.7 Å². The van der Waals surface area contributed by atoms with Gasteiger partial charge in [0.2, 0.25) is 0 Å². The van der Waals surface area contributed by atoms with E-state index in [-0.39, 0.29) is 6.10 Å². The second-order valence-corrected chi connectivity index (χ2v) is 12.8. The van der Waals surface area contributed by atoms with Crippen molar-refractivity contribution in [3.05, 3.63) is 11.6 Å². The van der Waals surface area contributed by atoms with Crippen LogP contribution in [0.2, 0.25) is 0 Å². The summed E-state index contributed by atoms with van der Waals surface area (Å²) in [4.78, 5) is 3.02. The van der Waals surface area contributed by atoms with Gasteiger partial charge in [0.1, 0.15) is 0 Å². The van der Waals surface area contributed by atoms with Crippen molar-refractivity contribution in [2.45, 2.75) is 104 Å². The summed E-state index contributed by atoms with van der Waals surface area (Å²) in [6, 6.07) is 1.75. The molecule has 2 saturated heterocycles. The number of hydrogen-bond donors (Lipinski definition) is 1. The zero-order chi connectivity index (χ0) is 20.1. The standard InChI is InChI=1S/C27H43NO/c1-16-5-8-23-17(2)25-24(28(23)15-16)14-22-20-7-6-18-13-19(29)9-11-26(18,3)21(20)10-12-27(22,25)4/h6,16-17,19-25,29H,5,7-15H2,1-4H3/t16-,17+,19-,20?,21?,22?,23+,24-,25-,26-,27-/m0/s1. The number of fused-ring (bicyclic) bond motifs is 9. The number of rotatable bonds is 0. The topological polar surface area (TPSA) is 23.5 Å². The summed E-state index contributed by atoms with van der Waals surface area (Å²) in [5, 5.41) is 10.3. The Morgan fingerprint density at radius 1 is 1.00 bits per heavy atom. The van der Waals surface area contributed by atoms with E-state index < -0.39 is 0 Å². The molecule has 4 aliphatic carbocycles. The molecule has 6 rings (SSSR count). The zero-order valence-corrected chi connectivity index (χ0v) is 19.2. The SMILES string of the molecule is C[C@H]1CC[C@@H]2[C@@H](C)[C@H]3[C@H](CC4C5CC=C6C[C@@H](O)CC[C@]6(C)C5CC[C@@]43C)N2C1. The van der Waals surface area contributed by atoms with Gasteiger partial charge < -0.3 is 5.11 Å². The molecule has 0 radical (unpaired) electrons. The van der Waals surface area contributed by atoms with Crippen molar-refractivity contribution in [2.75, 3.05) is 6.54 Å². The molecule has 5 fully saturated rings. The smallest absolute Gasteiger partial charge is 0.0577 e. The summed E-state index contributed by atoms with van der Waals surface area (Å²) >= 11 is 0. The van der Waals surface area contributed by atoms with Gasteiger partial charge in [0, 0.05) is 18.6 Å². The first-order chi connectivity index (χ1) is 13.8. The molecule has 2 nitrogen and oxygen atoms in total. The average molecular weight is 398 g/mol. The zero-order valence-electron chi connectivity index (χ0n) is 19.2. The van der Waals surface area contributed by atoms with Crippen molar-refractivity contribution >= 4 is 0 Å². The molecule has 1 N–H and O–H groups in total. The molecule has 6 aliphatic rings. The number of hydrogen-bond acceptors (Lipinski definition) is 2. The third kappa shape index (κ3) is 2.48. The van der Waals surface area contributed by atoms with Crippen LogP contribution in [0.25, 0.3) is 0 Å². The van der Waals surface area contributed by atoms with E-state index in [0.29, 0.717) is 10.8 Å². The highest BCUT2D eigenvalue weighted by Gasteiger charge is 2.66. The van der Waals surface area contributed by atoms with Crippen LogP contribution in [0.1, 0.15) is 85.5 Å². The Kier molecular flexibility index (Phi) is 4.23. The lowest BCUT2D eigenvalue weighted by molar-refractivity contribution is -0.0574. The molecule has 0 bridgehead atoms. The fourth-order valence-electron chi connectivity index (χ4n) is 10.4. The number of allylic oxidation sites excluding steroid dienone is 1. The highest BCUT2D eigenvalue weighted by molar-refractivity contribution is 5.26. The van der Waals surface area contributed by atoms with Gasteiger partial charge in [0.15, 0.2) is 0 Å². The van der Waals surface area contributed by atoms with Crippen LogP contribution < -0.4 is 0 Å². The monoisotopic (exact) mass is 397 g/mol. The quantitative estimate of drug-likeness (QED) is 0.534. The molecule has 2 heterocycles. The number of aliphatic hydroxyl groups is 1. The minimum Gasteiger partial charge on any atom is -0.393 e. The second-order valence-electron chi connectivity index (χ2n) is 12.8. The Morgan fingerprint density at radius 2 is 1.83 bits per heavy atom. The maximum atomic E-state index is 10.3. The maximum absolute atomic E-state index is 10.3. The van der Waals surface area contributed by atoms with Gasteiger partial charge in [0.05, 0.1) is 6.10 Å². The van der Waals surface area contributed by atoms with E-state index in [4.69, 9.17) is 0 Å². The van der Waals surface area contributed by atoms with Crippen molar-refractivity contribution in [2.24, 2.45) is 46.3 Å². The van der Waals surface area contributed by atoms with Crippen LogP contribution in [-0.2, 0) is 0 Å². The molecular formula is C27H43NO. The number of aliphatic hydroxyl groups excluding tert-OH is 1. The Labute approximate surface area is 178 Å². The van der Waals surface area contributed by atoms with E-state index in [1.54, 1.807) is 5.57 Å². The first-order valence-electron chi connectivity index (χ1n) is 13.0. The first kappa shape index (κ1) is 19.4. The van der Waals surface area contributed by atoms with Gasteiger partial charge in [0.25, 0.3) is 0 Å². The molecule has 3 unspecified atom stereocenters. The molecule has 2 aliphatic heterocycles. The fourth-order valence-corrected chi connectivity index (χ4v) is 10.4. The molecular weight excluding hydrogens is 354 g/mol. The molecule has 3 saturated carbocycles. The molecule has 0 aromatic carbocycles. The second kappa shape index (κ2) is 6.35. The predicted octanol–water partition coefficient (Wildman–Crippen LogP) is 5.66. The van der Waals surface area contributed by atoms with Crippen molar-refractivity contribution in [3.63, 3.8) is 0 Å². The van der Waals surface area contributed by atoms with Crippen LogP contribution in [0.5, 0.6) is 0 Å². The van der Waals surface area contributed by atoms with E-state index in [1.165, 1.54) is 51.5 Å². The van der Waals surface area contributed by atoms with Crippen LogP contribution >= 0.6 is 0 Å². The van der Waals surface area contributed by atoms with E-state index in [1.807, 2.05) is 0 Å². The lowest BCUT2D eigenvalue weighted by atomic mass is 9.47. The van der Waals surface area contributed by atoms with Crippen LogP contribution in [0.3, 0.4) is 0 Å². The van der Waals surface area contributed by atoms with E-state index in [2.05, 4.69) is 38.7 Å². The third-order valence-corrected chi connectivity index (χ3v) is 11.7. The van der Waals surface area contributed by atoms with Gasteiger partial charge in [-0.2, -0.15) is 0 Å². The third-order valence-electron chi connectivity index (χ3n) is 11.7. The minimum absolute atomic E-state index is 0.0792. The molecule has 0 aromatic rings. The fraction of sp³-hybridized carbons (Fsp3) is 0.926. The Morgan fingerprint density at radius 3 is 2.66 bits per heavy atom.